The minimum Gasteiger partial charge on any atom is -0.477 e. The maximum absolute atomic E-state index is 13.3. The van der Waals surface area contributed by atoms with Crippen molar-refractivity contribution >= 4 is 41.4 Å². The fourth-order valence-corrected chi connectivity index (χ4v) is 7.84. The van der Waals surface area contributed by atoms with Crippen LogP contribution >= 0.6 is 11.8 Å². The number of amides is 3. The Labute approximate surface area is 238 Å². The van der Waals surface area contributed by atoms with E-state index in [0.29, 0.717) is 43.5 Å². The lowest BCUT2D eigenvalue weighted by Gasteiger charge is -2.47. The third-order valence-electron chi connectivity index (χ3n) is 8.33. The molecular weight excluding hydrogens is 554 g/mol. The molecule has 6 atom stereocenters. The number of carboxylic acid groups (broad SMARTS) is 1. The molecule has 2 saturated heterocycles. The molecule has 5 N–H and O–H groups in total. The monoisotopic (exact) mass is 585 g/mol. The van der Waals surface area contributed by atoms with Gasteiger partial charge in [0, 0.05) is 41.7 Å². The zero-order valence-corrected chi connectivity index (χ0v) is 23.3. The van der Waals surface area contributed by atoms with Gasteiger partial charge in [0.15, 0.2) is 5.95 Å². The Kier molecular flexibility index (Phi) is 6.93. The van der Waals surface area contributed by atoms with Crippen LogP contribution in [0.4, 0.5) is 5.95 Å². The number of thioether (sulfide) groups is 1. The van der Waals surface area contributed by atoms with Crippen molar-refractivity contribution in [3.63, 3.8) is 0 Å². The highest BCUT2D eigenvalue weighted by atomic mass is 32.2. The van der Waals surface area contributed by atoms with Crippen molar-refractivity contribution in [1.29, 1.82) is 0 Å². The molecule has 1 unspecified atom stereocenters. The second-order valence-electron chi connectivity index (χ2n) is 10.9. The summed E-state index contributed by atoms with van der Waals surface area (Å²) in [5.41, 5.74) is 6.78. The zero-order chi connectivity index (χ0) is 29.0. The second-order valence-corrected chi connectivity index (χ2v) is 12.2. The van der Waals surface area contributed by atoms with Crippen molar-refractivity contribution in [3.05, 3.63) is 28.8 Å². The SMILES string of the molecule is C[C@@H](NC(=O)Cn1cnnn1)[C@H]1C(=O)N2C(C(=O)O)=C(S[C@@H]3CNC(C(=O)N4CCn5c(cnc5N)C4)C3)[C@H](C)[C@H]12. The van der Waals surface area contributed by atoms with Gasteiger partial charge in [-0.15, -0.1) is 16.9 Å². The van der Waals surface area contributed by atoms with Crippen LogP contribution in [-0.2, 0) is 38.8 Å². The molecular formula is C24H31N11O5S. The number of hydrogen-bond donors (Lipinski definition) is 4. The molecule has 2 fully saturated rings. The predicted molar refractivity (Wildman–Crippen MR) is 143 cm³/mol. The van der Waals surface area contributed by atoms with Crippen molar-refractivity contribution < 1.29 is 24.3 Å². The van der Waals surface area contributed by atoms with Gasteiger partial charge in [0.25, 0.3) is 0 Å². The predicted octanol–water partition coefficient (Wildman–Crippen LogP) is -1.76. The van der Waals surface area contributed by atoms with E-state index in [0.717, 1.165) is 5.69 Å². The number of anilines is 1. The standard InChI is InChI=1S/C24H31N11O5S/c1-11-18-17(12(2)29-16(36)9-33-10-28-30-31-33)22(38)35(18)19(23(39)40)20(11)41-14-5-15(26-7-14)21(37)32-3-4-34-13(8-32)6-27-24(34)25/h6,10-12,14-15,17-18,26H,3-5,7-9H2,1-2H3,(H2,25,27)(H,29,36)(H,39,40)/t11-,12-,14+,15?,17-,18-/m1/s1. The van der Waals surface area contributed by atoms with Gasteiger partial charge in [-0.05, 0) is 23.8 Å². The van der Waals surface area contributed by atoms with Crippen LogP contribution in [-0.4, -0.2) is 105 Å². The minimum atomic E-state index is -1.16. The van der Waals surface area contributed by atoms with E-state index in [4.69, 9.17) is 5.73 Å². The quantitative estimate of drug-likeness (QED) is 0.254. The lowest BCUT2D eigenvalue weighted by atomic mass is 9.78. The molecule has 2 aromatic heterocycles. The number of nitrogens with zero attached hydrogens (tertiary/aromatic N) is 8. The smallest absolute Gasteiger partial charge is 0.353 e. The fraction of sp³-hybridized carbons (Fsp3) is 0.583. The molecule has 0 bridgehead atoms. The van der Waals surface area contributed by atoms with Gasteiger partial charge in [-0.25, -0.2) is 14.5 Å². The highest BCUT2D eigenvalue weighted by Gasteiger charge is 2.60. The molecule has 0 aromatic carbocycles. The number of rotatable bonds is 8. The van der Waals surface area contributed by atoms with Gasteiger partial charge in [0.05, 0.1) is 36.4 Å². The first-order valence-corrected chi connectivity index (χ1v) is 14.3. The molecule has 41 heavy (non-hydrogen) atoms. The fourth-order valence-electron chi connectivity index (χ4n) is 6.36. The molecule has 6 heterocycles. The summed E-state index contributed by atoms with van der Waals surface area (Å²) in [6, 6.07) is -1.27. The largest absolute Gasteiger partial charge is 0.477 e. The van der Waals surface area contributed by atoms with Gasteiger partial charge in [-0.1, -0.05) is 6.92 Å². The Morgan fingerprint density at radius 1 is 1.32 bits per heavy atom. The number of carbonyl (C=O) groups excluding carboxylic acids is 3. The number of nitrogens with two attached hydrogens (primary N) is 1. The van der Waals surface area contributed by atoms with Gasteiger partial charge in [0.1, 0.15) is 18.6 Å². The Balaban J connectivity index is 1.09. The number of nitrogens with one attached hydrogen (secondary N) is 2. The Morgan fingerprint density at radius 2 is 2.12 bits per heavy atom. The van der Waals surface area contributed by atoms with Crippen LogP contribution in [0.25, 0.3) is 0 Å². The highest BCUT2D eigenvalue weighted by molar-refractivity contribution is 8.03. The molecule has 3 amide bonds. The summed E-state index contributed by atoms with van der Waals surface area (Å²) in [6.07, 6.45) is 3.55. The van der Waals surface area contributed by atoms with E-state index in [1.165, 1.54) is 27.7 Å². The van der Waals surface area contributed by atoms with Crippen LogP contribution in [0.5, 0.6) is 0 Å². The average molecular weight is 586 g/mol. The van der Waals surface area contributed by atoms with Gasteiger partial charge in [-0.2, -0.15) is 0 Å². The van der Waals surface area contributed by atoms with Crippen molar-refractivity contribution in [2.24, 2.45) is 11.8 Å². The van der Waals surface area contributed by atoms with E-state index < -0.39 is 17.9 Å². The number of imidazole rings is 1. The number of nitrogen functional groups attached to an aromatic ring is 1. The van der Waals surface area contributed by atoms with E-state index in [1.54, 1.807) is 18.0 Å². The summed E-state index contributed by atoms with van der Waals surface area (Å²) in [7, 11) is 0. The highest BCUT2D eigenvalue weighted by Crippen LogP contribution is 2.51. The molecule has 4 aliphatic heterocycles. The summed E-state index contributed by atoms with van der Waals surface area (Å²) in [4.78, 5) is 59.2. The van der Waals surface area contributed by atoms with Crippen LogP contribution in [0.15, 0.2) is 23.1 Å². The molecule has 0 radical (unpaired) electrons. The summed E-state index contributed by atoms with van der Waals surface area (Å²) >= 11 is 1.43. The number of fused-ring (bicyclic) bond motifs is 2. The first-order valence-electron chi connectivity index (χ1n) is 13.4. The molecule has 6 rings (SSSR count). The van der Waals surface area contributed by atoms with Crippen molar-refractivity contribution in [2.75, 3.05) is 18.8 Å². The number of carbonyl (C=O) groups is 4. The normalized spacial score (nSPS) is 27.9. The molecule has 0 saturated carbocycles. The molecule has 0 spiro atoms. The number of aliphatic carboxylic acids is 1. The molecule has 4 aliphatic rings. The van der Waals surface area contributed by atoms with E-state index in [2.05, 4.69) is 31.1 Å². The Morgan fingerprint density at radius 3 is 2.85 bits per heavy atom. The first kappa shape index (κ1) is 27.2. The van der Waals surface area contributed by atoms with Gasteiger partial charge < -0.3 is 35.8 Å². The van der Waals surface area contributed by atoms with Crippen molar-refractivity contribution in [2.45, 2.75) is 63.3 Å². The topological polar surface area (TPSA) is 206 Å². The third kappa shape index (κ3) is 4.71. The summed E-state index contributed by atoms with van der Waals surface area (Å²) < 4.78 is 3.18. The summed E-state index contributed by atoms with van der Waals surface area (Å²) in [5, 5.41) is 26.8. The third-order valence-corrected chi connectivity index (χ3v) is 9.84. The molecule has 218 valence electrons. The number of β-lactam (4-membered cyclic amide) rings is 1. The van der Waals surface area contributed by atoms with Gasteiger partial charge in [0.2, 0.25) is 17.7 Å². The number of carboxylic acids is 1. The van der Waals surface area contributed by atoms with Crippen LogP contribution in [0.1, 0.15) is 26.0 Å². The van der Waals surface area contributed by atoms with Gasteiger partial charge >= 0.3 is 5.97 Å². The van der Waals surface area contributed by atoms with Crippen molar-refractivity contribution in [1.82, 2.24) is 50.2 Å². The lowest BCUT2D eigenvalue weighted by Crippen LogP contribution is -2.66. The molecule has 17 heteroatoms. The average Bonchev–Trinajstić information content (AvgIpc) is 3.72. The van der Waals surface area contributed by atoms with Crippen LogP contribution in [0.3, 0.4) is 0 Å². The van der Waals surface area contributed by atoms with E-state index >= 15 is 0 Å². The van der Waals surface area contributed by atoms with Crippen LogP contribution in [0, 0.1) is 11.8 Å². The van der Waals surface area contributed by atoms with E-state index in [-0.39, 0.29) is 53.2 Å². The van der Waals surface area contributed by atoms with E-state index in [9.17, 15) is 24.3 Å². The zero-order valence-electron chi connectivity index (χ0n) is 22.5. The van der Waals surface area contributed by atoms with Crippen molar-refractivity contribution in [3.8, 4) is 0 Å². The summed E-state index contributed by atoms with van der Waals surface area (Å²) in [6.45, 7) is 5.67. The Bertz CT molecular complexity index is 1420. The number of tetrazole rings is 1. The number of aromatic nitrogens is 6. The molecule has 0 aliphatic carbocycles. The maximum Gasteiger partial charge on any atom is 0.353 e. The molecule has 16 nitrogen and oxygen atoms in total. The van der Waals surface area contributed by atoms with Crippen LogP contribution < -0.4 is 16.4 Å². The second kappa shape index (κ2) is 10.4. The lowest BCUT2D eigenvalue weighted by molar-refractivity contribution is -0.158. The maximum atomic E-state index is 13.3. The Hall–Kier alpha value is -3.99. The molecule has 2 aromatic rings. The minimum absolute atomic E-state index is 0.00220. The summed E-state index contributed by atoms with van der Waals surface area (Å²) in [5.74, 6) is -2.20. The van der Waals surface area contributed by atoms with E-state index in [1.807, 2.05) is 11.5 Å². The number of hydrogen-bond acceptors (Lipinski definition) is 11. The van der Waals surface area contributed by atoms with Gasteiger partial charge in [-0.3, -0.25) is 14.4 Å². The first-order chi connectivity index (χ1) is 19.6. The van der Waals surface area contributed by atoms with Crippen LogP contribution in [0.2, 0.25) is 0 Å².